The number of aliphatic hydroxyl groups is 2. The summed E-state index contributed by atoms with van der Waals surface area (Å²) in [6, 6.07) is 15.2. The third kappa shape index (κ3) is 68.2. The first-order chi connectivity index (χ1) is 63.0. The van der Waals surface area contributed by atoms with Gasteiger partial charge in [0.05, 0.1) is 75.2 Å². The first kappa shape index (κ1) is 127. The maximum absolute atomic E-state index is 12.4. The number of carbonyl (C=O) groups is 14. The Morgan fingerprint density at radius 1 is 0.436 bits per heavy atom. The summed E-state index contributed by atoms with van der Waals surface area (Å²) in [5.41, 5.74) is 2.32. The van der Waals surface area contributed by atoms with Gasteiger partial charge in [-0.05, 0) is 183 Å². The van der Waals surface area contributed by atoms with Crippen molar-refractivity contribution in [2.75, 3.05) is 92.4 Å². The topological polar surface area (TPSA) is 411 Å². The molecule has 0 bridgehead atoms. The fraction of sp³-hybridized carbons (Fsp3) is 0.631. The number of Topliss-reactive ketones (excluding diaryl/α,β-unsaturated/α-hetero) is 1. The van der Waals surface area contributed by atoms with E-state index in [1.807, 2.05) is 106 Å². The summed E-state index contributed by atoms with van der Waals surface area (Å²) in [6.45, 7) is 52.1. The van der Waals surface area contributed by atoms with Gasteiger partial charge >= 0.3 is 71.6 Å². The zero-order chi connectivity index (χ0) is 101. The number of aliphatic hydroxyl groups excluding tert-OH is 2. The van der Waals surface area contributed by atoms with Crippen molar-refractivity contribution in [2.45, 2.75) is 301 Å². The number of ketones is 1. The molecule has 1 amide bonds. The van der Waals surface area contributed by atoms with Crippen LogP contribution in [0.15, 0.2) is 118 Å². The Kier molecular flexibility index (Phi) is 73.2. The van der Waals surface area contributed by atoms with Gasteiger partial charge in [-0.1, -0.05) is 171 Å². The van der Waals surface area contributed by atoms with Gasteiger partial charge in [-0.2, -0.15) is 0 Å². The Morgan fingerprint density at radius 3 is 1.32 bits per heavy atom. The van der Waals surface area contributed by atoms with Crippen LogP contribution in [0.25, 0.3) is 6.08 Å². The van der Waals surface area contributed by atoms with Crippen LogP contribution >= 0.6 is 0 Å². The quantitative estimate of drug-likeness (QED) is 0.0182. The van der Waals surface area contributed by atoms with Crippen molar-refractivity contribution in [2.24, 2.45) is 28.1 Å². The first-order valence-corrected chi connectivity index (χ1v) is 46.6. The van der Waals surface area contributed by atoms with Crippen LogP contribution in [0.4, 0.5) is 0 Å². The van der Waals surface area contributed by atoms with Crippen LogP contribution in [0.2, 0.25) is 0 Å². The van der Waals surface area contributed by atoms with Crippen LogP contribution in [-0.4, -0.2) is 198 Å². The summed E-state index contributed by atoms with van der Waals surface area (Å²) < 4.78 is 66.1. The Bertz CT molecular complexity index is 3740. The smallest absolute Gasteiger partial charge is 0.338 e. The Morgan fingerprint density at radius 2 is 0.872 bits per heavy atom. The highest BCUT2D eigenvalue weighted by molar-refractivity contribution is 5.90. The van der Waals surface area contributed by atoms with Crippen LogP contribution < -0.4 is 5.32 Å². The molecule has 0 fully saturated rings. The van der Waals surface area contributed by atoms with E-state index in [1.54, 1.807) is 25.1 Å². The number of ether oxygens (including phenoxy) is 13. The molecule has 0 aliphatic carbocycles. The van der Waals surface area contributed by atoms with Crippen LogP contribution in [0.1, 0.15) is 304 Å². The lowest BCUT2D eigenvalue weighted by atomic mass is 9.82. The van der Waals surface area contributed by atoms with E-state index >= 15 is 0 Å². The lowest BCUT2D eigenvalue weighted by molar-refractivity contribution is -0.155. The number of nitrogens with one attached hydrogen (secondary N) is 1. The van der Waals surface area contributed by atoms with Crippen molar-refractivity contribution in [1.29, 1.82) is 0 Å². The van der Waals surface area contributed by atoms with Crippen molar-refractivity contribution in [3.8, 4) is 0 Å². The molecule has 2 aromatic carbocycles. The molecule has 0 saturated carbocycles. The third-order valence-corrected chi connectivity index (χ3v) is 21.1. The van der Waals surface area contributed by atoms with E-state index in [0.717, 1.165) is 113 Å². The average molecular weight is 1880 g/mol. The largest absolute Gasteiger partial charge is 0.466 e. The third-order valence-electron chi connectivity index (χ3n) is 21.1. The highest BCUT2D eigenvalue weighted by atomic mass is 16.6. The first-order valence-electron chi connectivity index (χ1n) is 46.6. The van der Waals surface area contributed by atoms with Crippen molar-refractivity contribution < 1.29 is 139 Å². The number of unbranched alkanes of at least 4 members (excludes halogenated alkanes) is 9. The van der Waals surface area contributed by atoms with Gasteiger partial charge in [0, 0.05) is 92.7 Å². The van der Waals surface area contributed by atoms with Crippen LogP contribution in [0.3, 0.4) is 0 Å². The van der Waals surface area contributed by atoms with Gasteiger partial charge in [0.1, 0.15) is 51.5 Å². The molecule has 133 heavy (non-hydrogen) atoms. The second kappa shape index (κ2) is 76.9. The number of rotatable bonds is 68. The SMILES string of the molecule is C=C(C)C(=O)OCCC(O)COC(=O)CCCCCOC(=O)CCCCCOC(=O)C(C)CC.C=CC(=O)OCC(C)(COC(=O)C=C)CC(=O)CCCNC(=O)C(C)(C)CC.C=CC(=O)OCCCCOCC(O)COC(=O)c1ccc(C(C)(C)CC)cc1.C=CCOC(=O)CCCCCOC(=O)CCCCCOC(=O)C(C)CC.C=Cc1ccc(COC(=O)C(C)(C)CC)cc1. The zero-order valence-electron chi connectivity index (χ0n) is 82.7. The van der Waals surface area contributed by atoms with Crippen LogP contribution in [0, 0.1) is 28.1 Å². The van der Waals surface area contributed by atoms with Crippen molar-refractivity contribution in [1.82, 2.24) is 5.32 Å². The summed E-state index contributed by atoms with van der Waals surface area (Å²) in [5, 5.41) is 22.4. The average Bonchev–Trinajstić information content (AvgIpc) is 0.833. The van der Waals surface area contributed by atoms with E-state index < -0.39 is 64.3 Å². The number of hydrogen-bond donors (Lipinski definition) is 3. The summed E-state index contributed by atoms with van der Waals surface area (Å²) in [7, 11) is 0. The maximum atomic E-state index is 12.4. The molecule has 4 atom stereocenters. The van der Waals surface area contributed by atoms with E-state index in [0.29, 0.717) is 123 Å². The predicted octanol–water partition coefficient (Wildman–Crippen LogP) is 17.6. The molecule has 0 radical (unpaired) electrons. The fourth-order valence-electron chi connectivity index (χ4n) is 10.4. The normalized spacial score (nSPS) is 11.8. The molecule has 0 aliphatic heterocycles. The van der Waals surface area contributed by atoms with Crippen molar-refractivity contribution >= 4 is 89.4 Å². The van der Waals surface area contributed by atoms with Gasteiger partial charge in [-0.25, -0.2) is 24.0 Å². The van der Waals surface area contributed by atoms with Gasteiger partial charge in [0.2, 0.25) is 5.91 Å². The molecular weight excluding hydrogens is 1720 g/mol. The molecule has 0 aliphatic rings. The minimum absolute atomic E-state index is 0.0247. The number of benzene rings is 2. The van der Waals surface area contributed by atoms with Gasteiger partial charge in [0.15, 0.2) is 0 Å². The molecule has 3 N–H and O–H groups in total. The molecule has 4 unspecified atom stereocenters. The van der Waals surface area contributed by atoms with Gasteiger partial charge in [-0.15, -0.1) is 0 Å². The minimum atomic E-state index is -0.902. The number of esters is 12. The van der Waals surface area contributed by atoms with Gasteiger partial charge in [0.25, 0.3) is 0 Å². The standard InChI is InChI=1S/C25H42O9.C22H32O6.C21H33NO6.C20H34O6.C15H20O2/c1-5-20(4)25(30)32-16-11-7-8-12-22(27)31-15-10-6-9-13-23(28)34-18-21(26)14-17-33-24(29)19(2)3;1-5-20(24)27-14-8-7-13-26-15-19(23)16-28-21(25)17-9-11-18(12-10-17)22(3,4)6-2;1-7-17(24)27-14-21(6,15-28-18(25)8-2)13-16(23)11-10-12-22-19(26)20(4,5)9-3;1-4-14-24-18(21)12-8-6-10-15-25-19(22)13-9-7-11-16-26-20(23)17(3)5-2;1-5-12-7-9-13(10-8-12)11-17-14(16)15(3,4)6-2/h20-21,26H,2,5-18H2,1,3-4H3;5,9-12,19,23H,1,6-8,13-16H2,2-4H3;7-8H,1-2,9-15H2,3-6H3,(H,22,26);4,17H,1,5-16H2,2-3H3;5,7-10H,1,6,11H2,2-4H3. The molecule has 2 aromatic rings. The van der Waals surface area contributed by atoms with E-state index in [2.05, 4.69) is 65.6 Å². The summed E-state index contributed by atoms with van der Waals surface area (Å²) >= 11 is 0. The molecule has 0 heterocycles. The van der Waals surface area contributed by atoms with Gasteiger partial charge in [-0.3, -0.25) is 43.2 Å². The molecule has 0 saturated heterocycles. The molecule has 752 valence electrons. The molecule has 30 heteroatoms. The van der Waals surface area contributed by atoms with Crippen LogP contribution in [-0.2, 0) is 136 Å². The Labute approximate surface area is 791 Å². The second-order valence-electron chi connectivity index (χ2n) is 34.4. The maximum Gasteiger partial charge on any atom is 0.338 e. The lowest BCUT2D eigenvalue weighted by Crippen LogP contribution is -2.37. The molecule has 0 spiro atoms. The van der Waals surface area contributed by atoms with E-state index in [9.17, 15) is 77.3 Å². The summed E-state index contributed by atoms with van der Waals surface area (Å²) in [4.78, 5) is 162. The predicted molar refractivity (Wildman–Crippen MR) is 509 cm³/mol. The summed E-state index contributed by atoms with van der Waals surface area (Å²) in [6.07, 6.45) is 21.2. The Balaban J connectivity index is -0.00000161. The highest BCUT2D eigenvalue weighted by Gasteiger charge is 2.32. The fourth-order valence-corrected chi connectivity index (χ4v) is 10.4. The molecular formula is C103H161NO29. The van der Waals surface area contributed by atoms with Crippen LogP contribution in [0.5, 0.6) is 0 Å². The summed E-state index contributed by atoms with van der Waals surface area (Å²) in [5.74, 6) is -4.47. The molecule has 0 aromatic heterocycles. The second-order valence-corrected chi connectivity index (χ2v) is 34.4. The van der Waals surface area contributed by atoms with Crippen molar-refractivity contribution in [3.63, 3.8) is 0 Å². The van der Waals surface area contributed by atoms with Crippen molar-refractivity contribution in [3.05, 3.63) is 140 Å². The minimum Gasteiger partial charge on any atom is -0.466 e. The van der Waals surface area contributed by atoms with E-state index in [1.165, 1.54) is 18.6 Å². The zero-order valence-corrected chi connectivity index (χ0v) is 82.7. The lowest BCUT2D eigenvalue weighted by Gasteiger charge is -2.27. The number of carbonyl (C=O) groups excluding carboxylic acids is 14. The number of hydrogen-bond acceptors (Lipinski definition) is 29. The monoisotopic (exact) mass is 1880 g/mol. The molecule has 2 rings (SSSR count). The number of amides is 1. The van der Waals surface area contributed by atoms with E-state index in [-0.39, 0.29) is 142 Å². The van der Waals surface area contributed by atoms with E-state index in [4.69, 9.17) is 61.6 Å². The Hall–Kier alpha value is -10.5. The molecule has 30 nitrogen and oxygen atoms in total. The van der Waals surface area contributed by atoms with Gasteiger partial charge < -0.3 is 77.1 Å². The highest BCUT2D eigenvalue weighted by Crippen LogP contribution is 2.29.